The first-order valence-corrected chi connectivity index (χ1v) is 2.86. The van der Waals surface area contributed by atoms with Gasteiger partial charge in [-0.15, -0.1) is 0 Å². The van der Waals surface area contributed by atoms with Gasteiger partial charge in [-0.1, -0.05) is 0 Å². The van der Waals surface area contributed by atoms with Crippen LogP contribution in [-0.2, 0) is 4.79 Å². The predicted molar refractivity (Wildman–Crippen MR) is 29.1 cm³/mol. The number of hydrogen-bond acceptors (Lipinski definition) is 3. The Hall–Kier alpha value is -0.610. The molecule has 0 aliphatic heterocycles. The molecule has 0 aromatic heterocycles. The standard InChI is InChI=1S/C5H9NO3/c7-5(8)3-1-4(2-3)6-9/h3-4,6,9H,1-2H2,(H,7,8). The van der Waals surface area contributed by atoms with E-state index in [1.165, 1.54) is 0 Å². The van der Waals surface area contributed by atoms with Crippen molar-refractivity contribution >= 4 is 5.97 Å². The summed E-state index contributed by atoms with van der Waals surface area (Å²) >= 11 is 0. The highest BCUT2D eigenvalue weighted by molar-refractivity contribution is 5.71. The van der Waals surface area contributed by atoms with Crippen LogP contribution in [0.4, 0.5) is 0 Å². The third-order valence-corrected chi connectivity index (χ3v) is 1.67. The van der Waals surface area contributed by atoms with Gasteiger partial charge in [0.05, 0.1) is 5.92 Å². The number of carbonyl (C=O) groups is 1. The number of rotatable bonds is 2. The van der Waals surface area contributed by atoms with Crippen LogP contribution < -0.4 is 5.48 Å². The summed E-state index contributed by atoms with van der Waals surface area (Å²) in [6, 6.07) is 0.00565. The molecule has 9 heavy (non-hydrogen) atoms. The highest BCUT2D eigenvalue weighted by Crippen LogP contribution is 2.26. The molecule has 52 valence electrons. The Bertz CT molecular complexity index is 119. The van der Waals surface area contributed by atoms with Gasteiger partial charge in [0.15, 0.2) is 0 Å². The lowest BCUT2D eigenvalue weighted by molar-refractivity contribution is -0.146. The second kappa shape index (κ2) is 2.33. The molecular formula is C5H9NO3. The van der Waals surface area contributed by atoms with Gasteiger partial charge in [0, 0.05) is 6.04 Å². The molecule has 1 aliphatic rings. The fraction of sp³-hybridized carbons (Fsp3) is 0.800. The molecule has 1 saturated carbocycles. The molecule has 0 spiro atoms. The molecule has 0 heterocycles. The minimum absolute atomic E-state index is 0.00565. The van der Waals surface area contributed by atoms with Crippen molar-refractivity contribution in [2.24, 2.45) is 5.92 Å². The molecule has 0 aromatic rings. The lowest BCUT2D eigenvalue weighted by atomic mass is 9.81. The maximum absolute atomic E-state index is 10.1. The van der Waals surface area contributed by atoms with Crippen molar-refractivity contribution in [1.82, 2.24) is 5.48 Å². The Balaban J connectivity index is 2.19. The first kappa shape index (κ1) is 6.51. The second-order valence-corrected chi connectivity index (χ2v) is 2.33. The molecule has 1 rings (SSSR count). The molecule has 0 saturated heterocycles. The number of carboxylic acids is 1. The van der Waals surface area contributed by atoms with E-state index in [1.54, 1.807) is 0 Å². The van der Waals surface area contributed by atoms with Crippen LogP contribution in [0, 0.1) is 5.92 Å². The quantitative estimate of drug-likeness (QED) is 0.455. The number of hydroxylamine groups is 1. The summed E-state index contributed by atoms with van der Waals surface area (Å²) in [6.45, 7) is 0. The van der Waals surface area contributed by atoms with Crippen molar-refractivity contribution in [2.45, 2.75) is 18.9 Å². The van der Waals surface area contributed by atoms with Crippen LogP contribution in [0.1, 0.15) is 12.8 Å². The topological polar surface area (TPSA) is 69.6 Å². The third kappa shape index (κ3) is 1.20. The van der Waals surface area contributed by atoms with Crippen LogP contribution in [0.15, 0.2) is 0 Å². The Kier molecular flexibility index (Phi) is 1.68. The number of carboxylic acid groups (broad SMARTS) is 1. The number of aliphatic carboxylic acids is 1. The summed E-state index contributed by atoms with van der Waals surface area (Å²) in [5, 5.41) is 16.6. The average molecular weight is 131 g/mol. The van der Waals surface area contributed by atoms with Gasteiger partial charge in [-0.3, -0.25) is 4.79 Å². The van der Waals surface area contributed by atoms with Crippen molar-refractivity contribution in [3.8, 4) is 0 Å². The number of hydrogen-bond donors (Lipinski definition) is 3. The largest absolute Gasteiger partial charge is 0.481 e. The van der Waals surface area contributed by atoms with Gasteiger partial charge in [-0.2, -0.15) is 0 Å². The predicted octanol–water partition coefficient (Wildman–Crippen LogP) is -0.172. The molecule has 4 nitrogen and oxygen atoms in total. The van der Waals surface area contributed by atoms with E-state index in [0.29, 0.717) is 12.8 Å². The first-order chi connectivity index (χ1) is 4.24. The van der Waals surface area contributed by atoms with Crippen LogP contribution in [0.25, 0.3) is 0 Å². The molecule has 0 unspecified atom stereocenters. The lowest BCUT2D eigenvalue weighted by Gasteiger charge is -2.30. The molecule has 0 aromatic carbocycles. The Morgan fingerprint density at radius 1 is 1.56 bits per heavy atom. The molecule has 0 atom stereocenters. The van der Waals surface area contributed by atoms with Gasteiger partial charge in [0.2, 0.25) is 0 Å². The fourth-order valence-corrected chi connectivity index (χ4v) is 0.925. The van der Waals surface area contributed by atoms with Gasteiger partial charge < -0.3 is 10.3 Å². The molecule has 0 radical (unpaired) electrons. The molecule has 1 fully saturated rings. The lowest BCUT2D eigenvalue weighted by Crippen LogP contribution is -2.42. The van der Waals surface area contributed by atoms with Crippen LogP contribution in [0.2, 0.25) is 0 Å². The van der Waals surface area contributed by atoms with Gasteiger partial charge in [-0.25, -0.2) is 5.48 Å². The van der Waals surface area contributed by atoms with Gasteiger partial charge in [-0.05, 0) is 12.8 Å². The van der Waals surface area contributed by atoms with Gasteiger partial charge in [0.25, 0.3) is 0 Å². The first-order valence-electron chi connectivity index (χ1n) is 2.86. The minimum atomic E-state index is -0.762. The van der Waals surface area contributed by atoms with Crippen LogP contribution >= 0.6 is 0 Å². The zero-order valence-corrected chi connectivity index (χ0v) is 4.87. The van der Waals surface area contributed by atoms with Crippen molar-refractivity contribution < 1.29 is 15.1 Å². The summed E-state index contributed by atoms with van der Waals surface area (Å²) < 4.78 is 0. The van der Waals surface area contributed by atoms with E-state index >= 15 is 0 Å². The third-order valence-electron chi connectivity index (χ3n) is 1.67. The van der Waals surface area contributed by atoms with E-state index in [0.717, 1.165) is 0 Å². The van der Waals surface area contributed by atoms with E-state index in [1.807, 2.05) is 5.48 Å². The Morgan fingerprint density at radius 2 is 2.11 bits per heavy atom. The minimum Gasteiger partial charge on any atom is -0.481 e. The zero-order chi connectivity index (χ0) is 6.85. The molecule has 0 amide bonds. The monoisotopic (exact) mass is 131 g/mol. The Morgan fingerprint density at radius 3 is 2.44 bits per heavy atom. The summed E-state index contributed by atoms with van der Waals surface area (Å²) in [5.41, 5.74) is 2.02. The summed E-state index contributed by atoms with van der Waals surface area (Å²) in [5.74, 6) is -1.00. The normalized spacial score (nSPS) is 33.4. The van der Waals surface area contributed by atoms with E-state index in [-0.39, 0.29) is 12.0 Å². The Labute approximate surface area is 52.4 Å². The van der Waals surface area contributed by atoms with Crippen LogP contribution in [-0.4, -0.2) is 22.3 Å². The van der Waals surface area contributed by atoms with E-state index in [4.69, 9.17) is 10.3 Å². The van der Waals surface area contributed by atoms with E-state index in [2.05, 4.69) is 0 Å². The smallest absolute Gasteiger partial charge is 0.306 e. The van der Waals surface area contributed by atoms with Crippen molar-refractivity contribution in [1.29, 1.82) is 0 Å². The van der Waals surface area contributed by atoms with E-state index < -0.39 is 5.97 Å². The summed E-state index contributed by atoms with van der Waals surface area (Å²) in [4.78, 5) is 10.1. The van der Waals surface area contributed by atoms with Gasteiger partial charge in [0.1, 0.15) is 0 Å². The summed E-state index contributed by atoms with van der Waals surface area (Å²) in [6.07, 6.45) is 1.09. The fourth-order valence-electron chi connectivity index (χ4n) is 0.925. The SMILES string of the molecule is O=C(O)C1CC(NO)C1. The maximum atomic E-state index is 10.1. The van der Waals surface area contributed by atoms with Crippen molar-refractivity contribution in [2.75, 3.05) is 0 Å². The van der Waals surface area contributed by atoms with E-state index in [9.17, 15) is 4.79 Å². The van der Waals surface area contributed by atoms with Crippen molar-refractivity contribution in [3.05, 3.63) is 0 Å². The molecule has 4 heteroatoms. The van der Waals surface area contributed by atoms with Crippen LogP contribution in [0.3, 0.4) is 0 Å². The number of nitrogens with one attached hydrogen (secondary N) is 1. The molecule has 1 aliphatic carbocycles. The highest BCUT2D eigenvalue weighted by Gasteiger charge is 2.33. The zero-order valence-electron chi connectivity index (χ0n) is 4.87. The average Bonchev–Trinajstić information content (AvgIpc) is 1.61. The van der Waals surface area contributed by atoms with Gasteiger partial charge >= 0.3 is 5.97 Å². The summed E-state index contributed by atoms with van der Waals surface area (Å²) in [7, 11) is 0. The molecule has 0 bridgehead atoms. The second-order valence-electron chi connectivity index (χ2n) is 2.33. The highest BCUT2D eigenvalue weighted by atomic mass is 16.5. The van der Waals surface area contributed by atoms with Crippen molar-refractivity contribution in [3.63, 3.8) is 0 Å². The maximum Gasteiger partial charge on any atom is 0.306 e. The van der Waals surface area contributed by atoms with Crippen LogP contribution in [0.5, 0.6) is 0 Å². The molecule has 3 N–H and O–H groups in total. The molecular weight excluding hydrogens is 122 g/mol.